The highest BCUT2D eigenvalue weighted by molar-refractivity contribution is 7.09. The molecular weight excluding hydrogens is 232 g/mol. The Kier molecular flexibility index (Phi) is 5.63. The smallest absolute Gasteiger partial charge is 0.244 e. The highest BCUT2D eigenvalue weighted by Crippen LogP contribution is 2.20. The lowest BCUT2D eigenvalue weighted by molar-refractivity contribution is -0.117. The van der Waals surface area contributed by atoms with Crippen molar-refractivity contribution in [3.63, 3.8) is 0 Å². The molecule has 92 valence electrons. The molecule has 0 aliphatic rings. The standard InChI is InChI=1S/C13H18N2OS/c1-4-6-7-8-12(16)15-11(5-2)13-14-10(3)9-17-13/h4,6-9,11H,5H2,1-3H3,(H,15,16)/b6-4+,8-7+. The van der Waals surface area contributed by atoms with Crippen LogP contribution >= 0.6 is 11.3 Å². The highest BCUT2D eigenvalue weighted by Gasteiger charge is 2.14. The van der Waals surface area contributed by atoms with E-state index in [4.69, 9.17) is 0 Å². The molecule has 0 aromatic carbocycles. The van der Waals surface area contributed by atoms with Crippen LogP contribution in [0, 0.1) is 6.92 Å². The minimum atomic E-state index is -0.0807. The van der Waals surface area contributed by atoms with E-state index in [2.05, 4.69) is 10.3 Å². The van der Waals surface area contributed by atoms with E-state index in [1.54, 1.807) is 17.4 Å². The summed E-state index contributed by atoms with van der Waals surface area (Å²) in [4.78, 5) is 16.0. The molecule has 0 saturated carbocycles. The van der Waals surface area contributed by atoms with Crippen molar-refractivity contribution < 1.29 is 4.79 Å². The second-order valence-electron chi connectivity index (χ2n) is 3.68. The topological polar surface area (TPSA) is 42.0 Å². The third kappa shape index (κ3) is 4.53. The van der Waals surface area contributed by atoms with Crippen LogP contribution in [-0.4, -0.2) is 10.9 Å². The monoisotopic (exact) mass is 250 g/mol. The van der Waals surface area contributed by atoms with Crippen molar-refractivity contribution in [2.75, 3.05) is 0 Å². The molecule has 1 unspecified atom stereocenters. The van der Waals surface area contributed by atoms with Crippen LogP contribution < -0.4 is 5.32 Å². The van der Waals surface area contributed by atoms with Crippen molar-refractivity contribution in [2.24, 2.45) is 0 Å². The molecule has 4 heteroatoms. The van der Waals surface area contributed by atoms with Crippen LogP contribution in [0.5, 0.6) is 0 Å². The quantitative estimate of drug-likeness (QED) is 0.644. The van der Waals surface area contributed by atoms with Gasteiger partial charge in [0.05, 0.1) is 6.04 Å². The number of hydrogen-bond donors (Lipinski definition) is 1. The molecule has 0 saturated heterocycles. The van der Waals surface area contributed by atoms with E-state index in [9.17, 15) is 4.79 Å². The van der Waals surface area contributed by atoms with E-state index in [1.807, 2.05) is 38.3 Å². The van der Waals surface area contributed by atoms with Gasteiger partial charge in [0.2, 0.25) is 5.91 Å². The Morgan fingerprint density at radius 2 is 2.35 bits per heavy atom. The van der Waals surface area contributed by atoms with Gasteiger partial charge in [-0.1, -0.05) is 25.2 Å². The van der Waals surface area contributed by atoms with Gasteiger partial charge in [0.15, 0.2) is 0 Å². The first kappa shape index (κ1) is 13.6. The van der Waals surface area contributed by atoms with Crippen LogP contribution in [0.3, 0.4) is 0 Å². The van der Waals surface area contributed by atoms with Crippen LogP contribution in [0.15, 0.2) is 29.7 Å². The van der Waals surface area contributed by atoms with Crippen molar-refractivity contribution in [1.82, 2.24) is 10.3 Å². The molecule has 0 aliphatic heterocycles. The number of rotatable bonds is 5. The summed E-state index contributed by atoms with van der Waals surface area (Å²) in [6.45, 7) is 5.91. The van der Waals surface area contributed by atoms with Crippen molar-refractivity contribution in [3.05, 3.63) is 40.4 Å². The Morgan fingerprint density at radius 3 is 2.88 bits per heavy atom. The van der Waals surface area contributed by atoms with Gasteiger partial charge in [-0.25, -0.2) is 4.98 Å². The SMILES string of the molecule is C/C=C/C=C/C(=O)NC(CC)c1nc(C)cs1. The van der Waals surface area contributed by atoms with Gasteiger partial charge >= 0.3 is 0 Å². The summed E-state index contributed by atoms with van der Waals surface area (Å²) in [5, 5.41) is 5.91. The molecule has 0 aliphatic carbocycles. The highest BCUT2D eigenvalue weighted by atomic mass is 32.1. The van der Waals surface area contributed by atoms with Crippen LogP contribution in [0.1, 0.15) is 37.0 Å². The predicted octanol–water partition coefficient (Wildman–Crippen LogP) is 3.15. The lowest BCUT2D eigenvalue weighted by atomic mass is 10.2. The molecule has 1 rings (SSSR count). The van der Waals surface area contributed by atoms with Crippen LogP contribution in [0.2, 0.25) is 0 Å². The van der Waals surface area contributed by atoms with Gasteiger partial charge in [-0.15, -0.1) is 11.3 Å². The summed E-state index contributed by atoms with van der Waals surface area (Å²) in [6.07, 6.45) is 7.81. The Morgan fingerprint density at radius 1 is 1.59 bits per heavy atom. The molecular formula is C13H18N2OS. The molecule has 3 nitrogen and oxygen atoms in total. The zero-order valence-electron chi connectivity index (χ0n) is 10.4. The molecule has 1 atom stereocenters. The fraction of sp³-hybridized carbons (Fsp3) is 0.385. The second-order valence-corrected chi connectivity index (χ2v) is 4.57. The summed E-state index contributed by atoms with van der Waals surface area (Å²) >= 11 is 1.59. The zero-order valence-corrected chi connectivity index (χ0v) is 11.3. The Bertz CT molecular complexity index is 421. The van der Waals surface area contributed by atoms with Gasteiger partial charge in [0, 0.05) is 17.2 Å². The van der Waals surface area contributed by atoms with Gasteiger partial charge in [0.25, 0.3) is 0 Å². The zero-order chi connectivity index (χ0) is 12.7. The van der Waals surface area contributed by atoms with E-state index in [-0.39, 0.29) is 11.9 Å². The summed E-state index contributed by atoms with van der Waals surface area (Å²) < 4.78 is 0. The fourth-order valence-corrected chi connectivity index (χ4v) is 2.28. The molecule has 0 radical (unpaired) electrons. The van der Waals surface area contributed by atoms with Crippen molar-refractivity contribution in [1.29, 1.82) is 0 Å². The van der Waals surface area contributed by atoms with E-state index in [0.29, 0.717) is 0 Å². The number of hydrogen-bond acceptors (Lipinski definition) is 3. The normalized spacial score (nSPS) is 13.4. The number of nitrogens with zero attached hydrogens (tertiary/aromatic N) is 1. The first-order chi connectivity index (χ1) is 8.17. The van der Waals surface area contributed by atoms with E-state index >= 15 is 0 Å². The number of aryl methyl sites for hydroxylation is 1. The van der Waals surface area contributed by atoms with Crippen molar-refractivity contribution in [2.45, 2.75) is 33.2 Å². The average Bonchev–Trinajstić information content (AvgIpc) is 2.73. The minimum absolute atomic E-state index is 0.0106. The predicted molar refractivity (Wildman–Crippen MR) is 72.0 cm³/mol. The number of nitrogens with one attached hydrogen (secondary N) is 1. The number of allylic oxidation sites excluding steroid dienone is 3. The maximum absolute atomic E-state index is 11.6. The fourth-order valence-electron chi connectivity index (χ4n) is 1.34. The Balaban J connectivity index is 2.61. The number of carbonyl (C=O) groups is 1. The summed E-state index contributed by atoms with van der Waals surface area (Å²) in [5.41, 5.74) is 1.00. The molecule has 1 aromatic heterocycles. The average molecular weight is 250 g/mol. The van der Waals surface area contributed by atoms with Crippen LogP contribution in [0.25, 0.3) is 0 Å². The molecule has 0 bridgehead atoms. The third-order valence-corrected chi connectivity index (χ3v) is 3.29. The van der Waals surface area contributed by atoms with Gasteiger partial charge < -0.3 is 5.32 Å². The maximum atomic E-state index is 11.6. The minimum Gasteiger partial charge on any atom is -0.343 e. The molecule has 1 amide bonds. The van der Waals surface area contributed by atoms with E-state index in [1.165, 1.54) is 6.08 Å². The van der Waals surface area contributed by atoms with Gasteiger partial charge in [-0.3, -0.25) is 4.79 Å². The van der Waals surface area contributed by atoms with Crippen molar-refractivity contribution in [3.8, 4) is 0 Å². The third-order valence-electron chi connectivity index (χ3n) is 2.21. The van der Waals surface area contributed by atoms with Crippen molar-refractivity contribution >= 4 is 17.2 Å². The largest absolute Gasteiger partial charge is 0.343 e. The lowest BCUT2D eigenvalue weighted by Gasteiger charge is -2.12. The first-order valence-electron chi connectivity index (χ1n) is 5.69. The molecule has 0 fully saturated rings. The number of thiazole rings is 1. The van der Waals surface area contributed by atoms with E-state index < -0.39 is 0 Å². The lowest BCUT2D eigenvalue weighted by Crippen LogP contribution is -2.26. The molecule has 0 spiro atoms. The number of carbonyl (C=O) groups excluding carboxylic acids is 1. The first-order valence-corrected chi connectivity index (χ1v) is 6.57. The number of aromatic nitrogens is 1. The van der Waals surface area contributed by atoms with Gasteiger partial charge in [-0.05, 0) is 20.3 Å². The summed E-state index contributed by atoms with van der Waals surface area (Å²) in [5.74, 6) is -0.0807. The summed E-state index contributed by atoms with van der Waals surface area (Å²) in [7, 11) is 0. The molecule has 1 aromatic rings. The molecule has 1 N–H and O–H groups in total. The number of amides is 1. The second kappa shape index (κ2) is 7.01. The molecule has 1 heterocycles. The van der Waals surface area contributed by atoms with E-state index in [0.717, 1.165) is 17.1 Å². The maximum Gasteiger partial charge on any atom is 0.244 e. The van der Waals surface area contributed by atoms with Gasteiger partial charge in [-0.2, -0.15) is 0 Å². The Hall–Kier alpha value is -1.42. The molecule has 17 heavy (non-hydrogen) atoms. The summed E-state index contributed by atoms with van der Waals surface area (Å²) in [6, 6.07) is 0.0106. The van der Waals surface area contributed by atoms with Crippen LogP contribution in [-0.2, 0) is 4.79 Å². The van der Waals surface area contributed by atoms with Crippen LogP contribution in [0.4, 0.5) is 0 Å². The Labute approximate surface area is 106 Å². The van der Waals surface area contributed by atoms with Gasteiger partial charge in [0.1, 0.15) is 5.01 Å².